The molecule has 1 atom stereocenters. The van der Waals surface area contributed by atoms with Gasteiger partial charge in [0.15, 0.2) is 0 Å². The first-order valence-corrected chi connectivity index (χ1v) is 8.11. The zero-order chi connectivity index (χ0) is 14.7. The summed E-state index contributed by atoms with van der Waals surface area (Å²) in [5, 5.41) is 5.45. The standard InChI is InChI=1S/C15H21N3O2S/c1-11-13(17-15(20-11)14-4-3-7-21-14)9-16-8-12-10-18(2)5-6-19-12/h3-4,7,12,16H,5-6,8-10H2,1-2H3. The van der Waals surface area contributed by atoms with Gasteiger partial charge in [-0.1, -0.05) is 6.07 Å². The number of morpholine rings is 1. The molecule has 1 aliphatic rings. The van der Waals surface area contributed by atoms with Crippen LogP contribution in [0.2, 0.25) is 0 Å². The Hall–Kier alpha value is -1.21. The highest BCUT2D eigenvalue weighted by Crippen LogP contribution is 2.25. The van der Waals surface area contributed by atoms with Crippen LogP contribution < -0.4 is 5.32 Å². The molecule has 1 fully saturated rings. The van der Waals surface area contributed by atoms with Gasteiger partial charge in [0.1, 0.15) is 5.76 Å². The summed E-state index contributed by atoms with van der Waals surface area (Å²) in [5.41, 5.74) is 0.975. The van der Waals surface area contributed by atoms with Gasteiger partial charge in [-0.05, 0) is 25.4 Å². The number of oxazole rings is 1. The van der Waals surface area contributed by atoms with E-state index in [9.17, 15) is 0 Å². The summed E-state index contributed by atoms with van der Waals surface area (Å²) in [6.07, 6.45) is 0.257. The first-order chi connectivity index (χ1) is 10.2. The van der Waals surface area contributed by atoms with Crippen LogP contribution in [0.1, 0.15) is 11.5 Å². The maximum absolute atomic E-state index is 5.74. The van der Waals surface area contributed by atoms with E-state index in [4.69, 9.17) is 9.15 Å². The lowest BCUT2D eigenvalue weighted by Gasteiger charge is -2.30. The minimum absolute atomic E-state index is 0.257. The van der Waals surface area contributed by atoms with Gasteiger partial charge in [-0.15, -0.1) is 11.3 Å². The average Bonchev–Trinajstić information content (AvgIpc) is 3.09. The van der Waals surface area contributed by atoms with E-state index >= 15 is 0 Å². The number of hydrogen-bond donors (Lipinski definition) is 1. The Kier molecular flexibility index (Phi) is 4.70. The van der Waals surface area contributed by atoms with Gasteiger partial charge in [0.05, 0.1) is 23.3 Å². The molecule has 2 aromatic heterocycles. The maximum atomic E-state index is 5.74. The molecule has 0 aromatic carbocycles. The largest absolute Gasteiger partial charge is 0.440 e. The van der Waals surface area contributed by atoms with Gasteiger partial charge in [-0.2, -0.15) is 0 Å². The van der Waals surface area contributed by atoms with Gasteiger partial charge in [-0.25, -0.2) is 4.98 Å². The molecule has 114 valence electrons. The number of thiophene rings is 1. The summed E-state index contributed by atoms with van der Waals surface area (Å²) < 4.78 is 11.5. The van der Waals surface area contributed by atoms with E-state index in [-0.39, 0.29) is 6.10 Å². The molecule has 0 bridgehead atoms. The molecule has 0 amide bonds. The second kappa shape index (κ2) is 6.70. The van der Waals surface area contributed by atoms with Crippen molar-refractivity contribution in [3.05, 3.63) is 29.0 Å². The van der Waals surface area contributed by atoms with Crippen LogP contribution in [0.15, 0.2) is 21.9 Å². The summed E-state index contributed by atoms with van der Waals surface area (Å²) in [5.74, 6) is 1.60. The summed E-state index contributed by atoms with van der Waals surface area (Å²) in [4.78, 5) is 7.95. The second-order valence-corrected chi connectivity index (χ2v) is 6.33. The number of aryl methyl sites for hydroxylation is 1. The van der Waals surface area contributed by atoms with E-state index in [1.165, 1.54) is 0 Å². The molecular formula is C15H21N3O2S. The van der Waals surface area contributed by atoms with Crippen molar-refractivity contribution < 1.29 is 9.15 Å². The third kappa shape index (κ3) is 3.71. The molecule has 6 heteroatoms. The summed E-state index contributed by atoms with van der Waals surface area (Å²) in [6.45, 7) is 6.32. The minimum Gasteiger partial charge on any atom is -0.440 e. The molecule has 0 radical (unpaired) electrons. The van der Waals surface area contributed by atoms with Crippen molar-refractivity contribution in [3.63, 3.8) is 0 Å². The van der Waals surface area contributed by atoms with Gasteiger partial charge in [0, 0.05) is 26.2 Å². The minimum atomic E-state index is 0.257. The van der Waals surface area contributed by atoms with Crippen molar-refractivity contribution in [2.75, 3.05) is 33.3 Å². The van der Waals surface area contributed by atoms with Crippen LogP contribution in [-0.2, 0) is 11.3 Å². The number of likely N-dealkylation sites (N-methyl/N-ethyl adjacent to an activating group) is 1. The Labute approximate surface area is 128 Å². The molecule has 1 saturated heterocycles. The van der Waals surface area contributed by atoms with Crippen molar-refractivity contribution in [2.45, 2.75) is 19.6 Å². The van der Waals surface area contributed by atoms with Gasteiger partial charge in [-0.3, -0.25) is 0 Å². The fraction of sp³-hybridized carbons (Fsp3) is 0.533. The van der Waals surface area contributed by atoms with Crippen molar-refractivity contribution >= 4 is 11.3 Å². The van der Waals surface area contributed by atoms with Crippen LogP contribution in [0.25, 0.3) is 10.8 Å². The SMILES string of the molecule is Cc1oc(-c2cccs2)nc1CNCC1CN(C)CCO1. The lowest BCUT2D eigenvalue weighted by molar-refractivity contribution is -0.0182. The van der Waals surface area contributed by atoms with Crippen molar-refractivity contribution in [2.24, 2.45) is 0 Å². The molecule has 0 saturated carbocycles. The molecule has 1 unspecified atom stereocenters. The van der Waals surface area contributed by atoms with Crippen LogP contribution in [0.5, 0.6) is 0 Å². The molecule has 5 nitrogen and oxygen atoms in total. The van der Waals surface area contributed by atoms with Gasteiger partial charge >= 0.3 is 0 Å². The van der Waals surface area contributed by atoms with Crippen LogP contribution >= 0.6 is 11.3 Å². The molecular weight excluding hydrogens is 286 g/mol. The summed E-state index contributed by atoms with van der Waals surface area (Å²) in [7, 11) is 2.13. The zero-order valence-corrected chi connectivity index (χ0v) is 13.3. The lowest BCUT2D eigenvalue weighted by Crippen LogP contribution is -2.44. The van der Waals surface area contributed by atoms with Crippen LogP contribution in [0.4, 0.5) is 0 Å². The first-order valence-electron chi connectivity index (χ1n) is 7.23. The van der Waals surface area contributed by atoms with Gasteiger partial charge < -0.3 is 19.4 Å². The third-order valence-electron chi connectivity index (χ3n) is 3.63. The van der Waals surface area contributed by atoms with E-state index in [0.29, 0.717) is 12.4 Å². The second-order valence-electron chi connectivity index (χ2n) is 5.39. The molecule has 3 rings (SSSR count). The third-order valence-corrected chi connectivity index (χ3v) is 4.49. The normalized spacial score (nSPS) is 20.0. The number of aromatic nitrogens is 1. The molecule has 1 aliphatic heterocycles. The molecule has 1 N–H and O–H groups in total. The highest BCUT2D eigenvalue weighted by molar-refractivity contribution is 7.13. The van der Waals surface area contributed by atoms with E-state index in [2.05, 4.69) is 22.2 Å². The number of nitrogens with one attached hydrogen (secondary N) is 1. The molecule has 0 spiro atoms. The topological polar surface area (TPSA) is 50.5 Å². The summed E-state index contributed by atoms with van der Waals surface area (Å²) >= 11 is 1.64. The number of rotatable bonds is 5. The van der Waals surface area contributed by atoms with Crippen LogP contribution in [0, 0.1) is 6.92 Å². The molecule has 0 aliphatic carbocycles. The smallest absolute Gasteiger partial charge is 0.236 e. The fourth-order valence-corrected chi connectivity index (χ4v) is 3.09. The van der Waals surface area contributed by atoms with Gasteiger partial charge in [0.25, 0.3) is 0 Å². The predicted octanol–water partition coefficient (Wildman–Crippen LogP) is 2.13. The van der Waals surface area contributed by atoms with Crippen LogP contribution in [-0.4, -0.2) is 49.3 Å². The molecule has 3 heterocycles. The Bertz CT molecular complexity index is 567. The van der Waals surface area contributed by atoms with E-state index < -0.39 is 0 Å². The number of nitrogens with zero attached hydrogens (tertiary/aromatic N) is 2. The van der Waals surface area contributed by atoms with Crippen molar-refractivity contribution in [1.82, 2.24) is 15.2 Å². The predicted molar refractivity (Wildman–Crippen MR) is 83.5 cm³/mol. The lowest BCUT2D eigenvalue weighted by atomic mass is 10.2. The van der Waals surface area contributed by atoms with Crippen LogP contribution in [0.3, 0.4) is 0 Å². The first kappa shape index (κ1) is 14.7. The quantitative estimate of drug-likeness (QED) is 0.917. The Balaban J connectivity index is 1.53. The highest BCUT2D eigenvalue weighted by Gasteiger charge is 2.18. The van der Waals surface area contributed by atoms with E-state index in [0.717, 1.165) is 42.6 Å². The Morgan fingerprint density at radius 2 is 2.43 bits per heavy atom. The zero-order valence-electron chi connectivity index (χ0n) is 12.5. The fourth-order valence-electron chi connectivity index (χ4n) is 2.44. The molecule has 2 aromatic rings. The maximum Gasteiger partial charge on any atom is 0.236 e. The van der Waals surface area contributed by atoms with E-state index in [1.54, 1.807) is 11.3 Å². The monoisotopic (exact) mass is 307 g/mol. The Morgan fingerprint density at radius 1 is 1.52 bits per heavy atom. The number of hydrogen-bond acceptors (Lipinski definition) is 6. The molecule has 21 heavy (non-hydrogen) atoms. The van der Waals surface area contributed by atoms with Gasteiger partial charge in [0.2, 0.25) is 5.89 Å². The average molecular weight is 307 g/mol. The van der Waals surface area contributed by atoms with E-state index in [1.807, 2.05) is 24.4 Å². The Morgan fingerprint density at radius 3 is 3.19 bits per heavy atom. The highest BCUT2D eigenvalue weighted by atomic mass is 32.1. The van der Waals surface area contributed by atoms with Crippen molar-refractivity contribution in [1.29, 1.82) is 0 Å². The number of ether oxygens (including phenoxy) is 1. The van der Waals surface area contributed by atoms with Crippen molar-refractivity contribution in [3.8, 4) is 10.8 Å². The summed E-state index contributed by atoms with van der Waals surface area (Å²) in [6, 6.07) is 4.03.